The van der Waals surface area contributed by atoms with Crippen LogP contribution in [-0.2, 0) is 14.3 Å². The predicted octanol–water partition coefficient (Wildman–Crippen LogP) is 4.66. The van der Waals surface area contributed by atoms with Crippen molar-refractivity contribution in [1.29, 1.82) is 0 Å². The SMILES string of the molecule is CC(=O)O[C@H]1CC[C@@]2(C)C(CC[C@H]3[C@@H]4CC[C@H](C(=O)O)[C@@]4(C)CC[C@@H]32)C1. The summed E-state index contributed by atoms with van der Waals surface area (Å²) in [6.07, 6.45) is 9.98. The third-order valence-electron chi connectivity index (χ3n) is 9.25. The van der Waals surface area contributed by atoms with Crippen LogP contribution in [0.2, 0.25) is 0 Å². The summed E-state index contributed by atoms with van der Waals surface area (Å²) in [5, 5.41) is 9.71. The molecule has 1 N–H and O–H groups in total. The van der Waals surface area contributed by atoms with Gasteiger partial charge in [-0.05, 0) is 92.3 Å². The molecule has 1 unspecified atom stereocenters. The van der Waals surface area contributed by atoms with Gasteiger partial charge in [-0.15, -0.1) is 0 Å². The normalized spacial score (nSPS) is 50.3. The van der Waals surface area contributed by atoms with Gasteiger partial charge in [0, 0.05) is 6.92 Å². The van der Waals surface area contributed by atoms with Gasteiger partial charge >= 0.3 is 11.9 Å². The molecule has 0 amide bonds. The molecule has 4 heteroatoms. The molecule has 8 atom stereocenters. The number of rotatable bonds is 2. The lowest BCUT2D eigenvalue weighted by atomic mass is 9.44. The van der Waals surface area contributed by atoms with Crippen molar-refractivity contribution in [3.63, 3.8) is 0 Å². The number of ether oxygens (including phenoxy) is 1. The van der Waals surface area contributed by atoms with Crippen LogP contribution >= 0.6 is 0 Å². The largest absolute Gasteiger partial charge is 0.481 e. The van der Waals surface area contributed by atoms with Gasteiger partial charge in [0.1, 0.15) is 6.10 Å². The number of carbonyl (C=O) groups excluding carboxylic acids is 1. The van der Waals surface area contributed by atoms with E-state index in [1.54, 1.807) is 0 Å². The lowest BCUT2D eigenvalue weighted by molar-refractivity contribution is -0.163. The minimum absolute atomic E-state index is 0.00510. The lowest BCUT2D eigenvalue weighted by Crippen LogP contribution is -2.54. The Morgan fingerprint density at radius 2 is 1.62 bits per heavy atom. The summed E-state index contributed by atoms with van der Waals surface area (Å²) in [5.74, 6) is 1.81. The highest BCUT2D eigenvalue weighted by atomic mass is 16.5. The minimum atomic E-state index is -0.574. The van der Waals surface area contributed by atoms with E-state index in [1.165, 1.54) is 26.2 Å². The molecule has 4 rings (SSSR count). The smallest absolute Gasteiger partial charge is 0.307 e. The van der Waals surface area contributed by atoms with Crippen LogP contribution in [0.15, 0.2) is 0 Å². The zero-order chi connectivity index (χ0) is 18.7. The second-order valence-corrected chi connectivity index (χ2v) is 10.2. The fourth-order valence-corrected chi connectivity index (χ4v) is 7.97. The zero-order valence-electron chi connectivity index (χ0n) is 16.5. The van der Waals surface area contributed by atoms with E-state index in [4.69, 9.17) is 4.74 Å². The molecule has 0 saturated heterocycles. The molecule has 0 aromatic heterocycles. The summed E-state index contributed by atoms with van der Waals surface area (Å²) in [6.45, 7) is 6.28. The first-order valence-corrected chi connectivity index (χ1v) is 10.7. The van der Waals surface area contributed by atoms with Crippen LogP contribution < -0.4 is 0 Å². The molecule has 4 fully saturated rings. The van der Waals surface area contributed by atoms with E-state index >= 15 is 0 Å². The van der Waals surface area contributed by atoms with Crippen molar-refractivity contribution in [3.8, 4) is 0 Å². The molecule has 4 saturated carbocycles. The molecule has 0 bridgehead atoms. The molecule has 0 aromatic rings. The van der Waals surface area contributed by atoms with E-state index in [0.29, 0.717) is 23.2 Å². The minimum Gasteiger partial charge on any atom is -0.481 e. The van der Waals surface area contributed by atoms with Gasteiger partial charge in [0.05, 0.1) is 5.92 Å². The van der Waals surface area contributed by atoms with Crippen molar-refractivity contribution in [1.82, 2.24) is 0 Å². The van der Waals surface area contributed by atoms with Crippen molar-refractivity contribution in [2.24, 2.45) is 40.4 Å². The fourth-order valence-electron chi connectivity index (χ4n) is 7.97. The topological polar surface area (TPSA) is 63.6 Å². The van der Waals surface area contributed by atoms with Crippen LogP contribution in [0.1, 0.15) is 78.6 Å². The predicted molar refractivity (Wildman–Crippen MR) is 98.4 cm³/mol. The number of hydrogen-bond acceptors (Lipinski definition) is 3. The van der Waals surface area contributed by atoms with Crippen molar-refractivity contribution in [2.75, 3.05) is 0 Å². The average molecular weight is 363 g/mol. The summed E-state index contributed by atoms with van der Waals surface area (Å²) in [6, 6.07) is 0. The summed E-state index contributed by atoms with van der Waals surface area (Å²) in [4.78, 5) is 23.2. The molecule has 4 aliphatic rings. The number of aliphatic carboxylic acids is 1. The molecule has 0 aromatic carbocycles. The molecule has 26 heavy (non-hydrogen) atoms. The molecule has 0 aliphatic heterocycles. The number of carbonyl (C=O) groups is 2. The van der Waals surface area contributed by atoms with Gasteiger partial charge in [-0.2, -0.15) is 0 Å². The molecule has 0 heterocycles. The number of hydrogen-bond donors (Lipinski definition) is 1. The Labute approximate surface area is 157 Å². The maximum Gasteiger partial charge on any atom is 0.307 e. The first kappa shape index (κ1) is 18.3. The summed E-state index contributed by atoms with van der Waals surface area (Å²) < 4.78 is 5.54. The highest BCUT2D eigenvalue weighted by molar-refractivity contribution is 5.71. The van der Waals surface area contributed by atoms with Crippen molar-refractivity contribution >= 4 is 11.9 Å². The summed E-state index contributed by atoms with van der Waals surface area (Å²) in [5.41, 5.74) is 0.355. The standard InChI is InChI=1S/C22H34O4/c1-13(23)26-15-8-10-21(2)14(12-15)4-5-16-17-6-7-19(20(24)25)22(17,3)11-9-18(16)21/h14-19H,4-12H2,1-3H3,(H,24,25)/t14?,15-,16-,17-,18-,19+,21-,22-/m0/s1. The fraction of sp³-hybridized carbons (Fsp3) is 0.909. The van der Waals surface area contributed by atoms with E-state index in [9.17, 15) is 14.7 Å². The highest BCUT2D eigenvalue weighted by Crippen LogP contribution is 2.67. The van der Waals surface area contributed by atoms with Crippen molar-refractivity contribution < 1.29 is 19.4 Å². The van der Waals surface area contributed by atoms with Crippen molar-refractivity contribution in [3.05, 3.63) is 0 Å². The maximum atomic E-state index is 11.8. The maximum absolute atomic E-state index is 11.8. The summed E-state index contributed by atoms with van der Waals surface area (Å²) in [7, 11) is 0. The molecule has 4 aliphatic carbocycles. The average Bonchev–Trinajstić information content (AvgIpc) is 2.92. The van der Waals surface area contributed by atoms with Crippen LogP contribution in [0.3, 0.4) is 0 Å². The van der Waals surface area contributed by atoms with Gasteiger partial charge in [0.15, 0.2) is 0 Å². The Kier molecular flexibility index (Phi) is 4.39. The zero-order valence-corrected chi connectivity index (χ0v) is 16.5. The van der Waals surface area contributed by atoms with E-state index in [-0.39, 0.29) is 23.4 Å². The first-order valence-electron chi connectivity index (χ1n) is 10.7. The van der Waals surface area contributed by atoms with Crippen LogP contribution in [0.25, 0.3) is 0 Å². The molecular formula is C22H34O4. The Morgan fingerprint density at radius 3 is 2.31 bits per heavy atom. The Balaban J connectivity index is 1.54. The van der Waals surface area contributed by atoms with Gasteiger partial charge in [-0.1, -0.05) is 13.8 Å². The monoisotopic (exact) mass is 362 g/mol. The number of esters is 1. The number of carboxylic acids is 1. The van der Waals surface area contributed by atoms with E-state index in [2.05, 4.69) is 13.8 Å². The quantitative estimate of drug-likeness (QED) is 0.726. The van der Waals surface area contributed by atoms with Gasteiger partial charge in [-0.3, -0.25) is 9.59 Å². The molecular weight excluding hydrogens is 328 g/mol. The van der Waals surface area contributed by atoms with Gasteiger partial charge in [-0.25, -0.2) is 0 Å². The molecule has 4 nitrogen and oxygen atoms in total. The third kappa shape index (κ3) is 2.62. The first-order chi connectivity index (χ1) is 12.3. The number of fused-ring (bicyclic) bond motifs is 5. The van der Waals surface area contributed by atoms with E-state index < -0.39 is 5.97 Å². The van der Waals surface area contributed by atoms with E-state index in [0.717, 1.165) is 44.4 Å². The number of carboxylic acid groups (broad SMARTS) is 1. The Morgan fingerprint density at radius 1 is 0.923 bits per heavy atom. The van der Waals surface area contributed by atoms with Crippen LogP contribution in [0.4, 0.5) is 0 Å². The third-order valence-corrected chi connectivity index (χ3v) is 9.25. The van der Waals surface area contributed by atoms with Gasteiger partial charge in [0.2, 0.25) is 0 Å². The van der Waals surface area contributed by atoms with Crippen LogP contribution in [0.5, 0.6) is 0 Å². The second kappa shape index (κ2) is 6.24. The Bertz CT molecular complexity index is 601. The van der Waals surface area contributed by atoms with E-state index in [1.807, 2.05) is 0 Å². The van der Waals surface area contributed by atoms with Gasteiger partial charge < -0.3 is 9.84 Å². The van der Waals surface area contributed by atoms with Crippen LogP contribution in [-0.4, -0.2) is 23.1 Å². The molecule has 0 spiro atoms. The highest BCUT2D eigenvalue weighted by Gasteiger charge is 2.61. The van der Waals surface area contributed by atoms with Crippen LogP contribution in [0, 0.1) is 40.4 Å². The molecule has 0 radical (unpaired) electrons. The van der Waals surface area contributed by atoms with Crippen molar-refractivity contribution in [2.45, 2.75) is 84.7 Å². The second-order valence-electron chi connectivity index (χ2n) is 10.2. The summed E-state index contributed by atoms with van der Waals surface area (Å²) >= 11 is 0. The van der Waals surface area contributed by atoms with Gasteiger partial charge in [0.25, 0.3) is 0 Å². The lowest BCUT2D eigenvalue weighted by Gasteiger charge is -2.60. The Hall–Kier alpha value is -1.06. The molecule has 146 valence electrons.